The number of benzene rings is 2. The maximum Gasteiger partial charge on any atom is 0.123 e. The predicted octanol–water partition coefficient (Wildman–Crippen LogP) is 4.01. The van der Waals surface area contributed by atoms with Crippen molar-refractivity contribution in [3.8, 4) is 0 Å². The summed E-state index contributed by atoms with van der Waals surface area (Å²) < 4.78 is 12.7. The van der Waals surface area contributed by atoms with E-state index in [1.54, 1.807) is 12.1 Å². The monoisotopic (exact) mass is 213 g/mol. The number of aryl methyl sites for hydroxylation is 1. The highest BCUT2D eigenvalue weighted by Crippen LogP contribution is 2.10. The second kappa shape index (κ2) is 5.45. The number of hydrogen-bond acceptors (Lipinski definition) is 0. The third-order valence-electron chi connectivity index (χ3n) is 2.53. The van der Waals surface area contributed by atoms with Crippen molar-refractivity contribution < 1.29 is 4.39 Å². The van der Waals surface area contributed by atoms with Crippen LogP contribution in [0.25, 0.3) is 0 Å². The molecule has 0 N–H and O–H groups in total. The standard InChI is InChI=1S/C15H14F/c16-15-11-9-14(10-12-15)8-4-7-13-5-2-1-3-6-13/h1-3,5-6,8-12H,4,7H2. The lowest BCUT2D eigenvalue weighted by Crippen LogP contribution is -1.87. The van der Waals surface area contributed by atoms with Crippen LogP contribution in [0.4, 0.5) is 4.39 Å². The lowest BCUT2D eigenvalue weighted by Gasteiger charge is -2.01. The summed E-state index contributed by atoms with van der Waals surface area (Å²) in [6.07, 6.45) is 4.14. The summed E-state index contributed by atoms with van der Waals surface area (Å²) >= 11 is 0. The average Bonchev–Trinajstić information content (AvgIpc) is 2.33. The van der Waals surface area contributed by atoms with E-state index in [1.807, 2.05) is 18.2 Å². The SMILES string of the molecule is Fc1ccc([CH]CCc2ccccc2)cc1. The van der Waals surface area contributed by atoms with Gasteiger partial charge in [0.1, 0.15) is 5.82 Å². The van der Waals surface area contributed by atoms with Gasteiger partial charge in [-0.2, -0.15) is 0 Å². The van der Waals surface area contributed by atoms with E-state index in [9.17, 15) is 4.39 Å². The summed E-state index contributed by atoms with van der Waals surface area (Å²) in [6.45, 7) is 0. The molecule has 0 aromatic heterocycles. The topological polar surface area (TPSA) is 0 Å². The minimum atomic E-state index is -0.180. The van der Waals surface area contributed by atoms with Crippen molar-refractivity contribution >= 4 is 0 Å². The smallest absolute Gasteiger partial charge is 0.123 e. The first-order chi connectivity index (χ1) is 7.84. The molecule has 1 radical (unpaired) electrons. The summed E-state index contributed by atoms with van der Waals surface area (Å²) in [5.41, 5.74) is 2.41. The third kappa shape index (κ3) is 3.20. The second-order valence-corrected chi connectivity index (χ2v) is 3.78. The van der Waals surface area contributed by atoms with Gasteiger partial charge in [-0.1, -0.05) is 42.5 Å². The molecule has 0 aliphatic heterocycles. The fourth-order valence-electron chi connectivity index (χ4n) is 1.65. The van der Waals surface area contributed by atoms with E-state index in [1.165, 1.54) is 17.7 Å². The molecule has 0 fully saturated rings. The highest BCUT2D eigenvalue weighted by Gasteiger charge is 1.96. The highest BCUT2D eigenvalue weighted by molar-refractivity contribution is 5.24. The van der Waals surface area contributed by atoms with E-state index in [-0.39, 0.29) is 5.82 Å². The molecule has 2 rings (SSSR count). The maximum atomic E-state index is 12.7. The number of hydrogen-bond donors (Lipinski definition) is 0. The molecule has 2 aromatic carbocycles. The van der Waals surface area contributed by atoms with Gasteiger partial charge in [-0.3, -0.25) is 0 Å². The van der Waals surface area contributed by atoms with Crippen LogP contribution < -0.4 is 0 Å². The van der Waals surface area contributed by atoms with Gasteiger partial charge < -0.3 is 0 Å². The van der Waals surface area contributed by atoms with Gasteiger partial charge in [-0.05, 0) is 42.5 Å². The lowest BCUT2D eigenvalue weighted by molar-refractivity contribution is 0.627. The van der Waals surface area contributed by atoms with Crippen LogP contribution in [0.1, 0.15) is 17.5 Å². The van der Waals surface area contributed by atoms with Gasteiger partial charge in [0.25, 0.3) is 0 Å². The molecule has 0 heterocycles. The molecule has 16 heavy (non-hydrogen) atoms. The van der Waals surface area contributed by atoms with Crippen LogP contribution >= 0.6 is 0 Å². The quantitative estimate of drug-likeness (QED) is 0.719. The Bertz CT molecular complexity index is 417. The Kier molecular flexibility index (Phi) is 3.71. The molecule has 0 saturated carbocycles. The normalized spacial score (nSPS) is 10.3. The van der Waals surface area contributed by atoms with Crippen LogP contribution in [0.2, 0.25) is 0 Å². The minimum Gasteiger partial charge on any atom is -0.207 e. The zero-order chi connectivity index (χ0) is 11.2. The van der Waals surface area contributed by atoms with Crippen LogP contribution in [-0.2, 0) is 6.42 Å². The van der Waals surface area contributed by atoms with E-state index < -0.39 is 0 Å². The summed E-state index contributed by atoms with van der Waals surface area (Å²) in [5.74, 6) is -0.180. The van der Waals surface area contributed by atoms with Crippen molar-refractivity contribution in [2.75, 3.05) is 0 Å². The average molecular weight is 213 g/mol. The fourth-order valence-corrected chi connectivity index (χ4v) is 1.65. The van der Waals surface area contributed by atoms with Gasteiger partial charge in [0.15, 0.2) is 0 Å². The van der Waals surface area contributed by atoms with Crippen LogP contribution in [0.15, 0.2) is 54.6 Å². The Labute approximate surface area is 95.7 Å². The molecule has 0 atom stereocenters. The zero-order valence-corrected chi connectivity index (χ0v) is 9.07. The number of rotatable bonds is 4. The van der Waals surface area contributed by atoms with Crippen LogP contribution in [0.3, 0.4) is 0 Å². The first-order valence-corrected chi connectivity index (χ1v) is 5.47. The van der Waals surface area contributed by atoms with Crippen molar-refractivity contribution in [3.63, 3.8) is 0 Å². The summed E-state index contributed by atoms with van der Waals surface area (Å²) in [4.78, 5) is 0. The molecule has 0 bridgehead atoms. The minimum absolute atomic E-state index is 0.180. The van der Waals surface area contributed by atoms with Crippen molar-refractivity contribution in [1.29, 1.82) is 0 Å². The third-order valence-corrected chi connectivity index (χ3v) is 2.53. The van der Waals surface area contributed by atoms with Crippen LogP contribution in [0, 0.1) is 12.2 Å². The van der Waals surface area contributed by atoms with E-state index >= 15 is 0 Å². The maximum absolute atomic E-state index is 12.7. The molecule has 0 aliphatic carbocycles. The fraction of sp³-hybridized carbons (Fsp3) is 0.133. The van der Waals surface area contributed by atoms with E-state index in [4.69, 9.17) is 0 Å². The molecule has 0 nitrogen and oxygen atoms in total. The second-order valence-electron chi connectivity index (χ2n) is 3.78. The Balaban J connectivity index is 1.82. The number of halogens is 1. The van der Waals surface area contributed by atoms with E-state index in [0.29, 0.717) is 0 Å². The summed E-state index contributed by atoms with van der Waals surface area (Å²) in [6, 6.07) is 17.0. The van der Waals surface area contributed by atoms with Gasteiger partial charge in [-0.25, -0.2) is 4.39 Å². The molecule has 0 spiro atoms. The summed E-state index contributed by atoms with van der Waals surface area (Å²) in [5, 5.41) is 0. The van der Waals surface area contributed by atoms with Crippen molar-refractivity contribution in [2.45, 2.75) is 12.8 Å². The summed E-state index contributed by atoms with van der Waals surface area (Å²) in [7, 11) is 0. The van der Waals surface area contributed by atoms with Gasteiger partial charge >= 0.3 is 0 Å². The molecule has 0 amide bonds. The van der Waals surface area contributed by atoms with Gasteiger partial charge in [0, 0.05) is 0 Å². The molecular formula is C15H14F. The van der Waals surface area contributed by atoms with E-state index in [2.05, 4.69) is 18.6 Å². The Morgan fingerprint density at radius 2 is 1.56 bits per heavy atom. The largest absolute Gasteiger partial charge is 0.207 e. The molecule has 0 unspecified atom stereocenters. The first-order valence-electron chi connectivity index (χ1n) is 5.47. The van der Waals surface area contributed by atoms with Gasteiger partial charge in [0.05, 0.1) is 0 Å². The van der Waals surface area contributed by atoms with Gasteiger partial charge in [-0.15, -0.1) is 0 Å². The van der Waals surface area contributed by atoms with E-state index in [0.717, 1.165) is 18.4 Å². The Morgan fingerprint density at radius 3 is 2.25 bits per heavy atom. The first kappa shape index (κ1) is 10.9. The van der Waals surface area contributed by atoms with Crippen molar-refractivity contribution in [1.82, 2.24) is 0 Å². The molecule has 0 aliphatic rings. The molecule has 2 aromatic rings. The van der Waals surface area contributed by atoms with Crippen LogP contribution in [0.5, 0.6) is 0 Å². The Hall–Kier alpha value is -1.63. The predicted molar refractivity (Wildman–Crippen MR) is 64.6 cm³/mol. The van der Waals surface area contributed by atoms with Crippen LogP contribution in [-0.4, -0.2) is 0 Å². The van der Waals surface area contributed by atoms with Gasteiger partial charge in [0.2, 0.25) is 0 Å². The zero-order valence-electron chi connectivity index (χ0n) is 9.07. The molecular weight excluding hydrogens is 199 g/mol. The van der Waals surface area contributed by atoms with Crippen molar-refractivity contribution in [3.05, 3.63) is 78.0 Å². The molecule has 81 valence electrons. The van der Waals surface area contributed by atoms with Crippen molar-refractivity contribution in [2.24, 2.45) is 0 Å². The lowest BCUT2D eigenvalue weighted by atomic mass is 10.0. The molecule has 0 saturated heterocycles. The Morgan fingerprint density at radius 1 is 0.875 bits per heavy atom. The molecule has 1 heteroatoms. The highest BCUT2D eigenvalue weighted by atomic mass is 19.1.